The van der Waals surface area contributed by atoms with Crippen LogP contribution < -0.4 is 20.9 Å². The van der Waals surface area contributed by atoms with Gasteiger partial charge in [0.05, 0.1) is 29.2 Å². The number of carbonyl (C=O) groups is 2. The normalized spacial score (nSPS) is 14.3. The van der Waals surface area contributed by atoms with E-state index >= 15 is 0 Å². The molecule has 1 aliphatic heterocycles. The van der Waals surface area contributed by atoms with Gasteiger partial charge in [-0.25, -0.2) is 4.98 Å². The van der Waals surface area contributed by atoms with Crippen molar-refractivity contribution in [1.29, 1.82) is 5.26 Å². The summed E-state index contributed by atoms with van der Waals surface area (Å²) in [5.74, 6) is -0.206. The quantitative estimate of drug-likeness (QED) is 0.339. The lowest BCUT2D eigenvalue weighted by atomic mass is 10.2. The predicted molar refractivity (Wildman–Crippen MR) is 142 cm³/mol. The Morgan fingerprint density at radius 3 is 2.61 bits per heavy atom. The van der Waals surface area contributed by atoms with Gasteiger partial charge in [-0.1, -0.05) is 13.5 Å². The van der Waals surface area contributed by atoms with E-state index in [2.05, 4.69) is 50.3 Å². The van der Waals surface area contributed by atoms with Crippen LogP contribution in [0.1, 0.15) is 26.3 Å². The molecule has 1 unspecified atom stereocenters. The van der Waals surface area contributed by atoms with Crippen LogP contribution in [-0.2, 0) is 14.3 Å². The van der Waals surface area contributed by atoms with E-state index in [0.717, 1.165) is 38.4 Å². The van der Waals surface area contributed by atoms with E-state index < -0.39 is 0 Å². The van der Waals surface area contributed by atoms with Crippen LogP contribution in [0.15, 0.2) is 43.1 Å². The summed E-state index contributed by atoms with van der Waals surface area (Å²) in [5, 5.41) is 18.7. The maximum atomic E-state index is 12.1. The van der Waals surface area contributed by atoms with Crippen molar-refractivity contribution in [2.24, 2.45) is 0 Å². The van der Waals surface area contributed by atoms with Crippen molar-refractivity contribution >= 4 is 40.4 Å². The zero-order valence-corrected chi connectivity index (χ0v) is 21.0. The fourth-order valence-corrected chi connectivity index (χ4v) is 3.92. The number of nitrogens with one attached hydrogen (secondary N) is 3. The molecular formula is C26H33N7O3. The number of aromatic nitrogens is 1. The lowest BCUT2D eigenvalue weighted by molar-refractivity contribution is -0.144. The molecule has 2 heterocycles. The van der Waals surface area contributed by atoms with E-state index in [1.807, 2.05) is 18.2 Å². The number of nitriles is 1. The molecule has 36 heavy (non-hydrogen) atoms. The monoisotopic (exact) mass is 491 g/mol. The summed E-state index contributed by atoms with van der Waals surface area (Å²) < 4.78 is 5.14. The standard InChI is InChI=1S/C26H33N7O3/c1-5-26(35)31-24-13-21(33-11-9-32(6-2)10-12-33)7-8-22(24)30-25-14-23(20(15-27)17-29-25)28-16-18(3)36-19(4)34/h5,7-8,13-14,17-18H,1,6,9-12,16H2,2-4H3,(H,31,35)(H2,28,29,30). The van der Waals surface area contributed by atoms with Crippen molar-refractivity contribution in [3.8, 4) is 6.07 Å². The Kier molecular flexibility index (Phi) is 9.25. The van der Waals surface area contributed by atoms with Crippen LogP contribution >= 0.6 is 0 Å². The van der Waals surface area contributed by atoms with Crippen molar-refractivity contribution < 1.29 is 14.3 Å². The fraction of sp³-hybridized carbons (Fsp3) is 0.385. The first-order valence-electron chi connectivity index (χ1n) is 12.0. The molecule has 10 nitrogen and oxygen atoms in total. The molecule has 1 saturated heterocycles. The highest BCUT2D eigenvalue weighted by atomic mass is 16.5. The molecule has 0 aliphatic carbocycles. The predicted octanol–water partition coefficient (Wildman–Crippen LogP) is 3.33. The van der Waals surface area contributed by atoms with Crippen LogP contribution in [0, 0.1) is 11.3 Å². The number of piperazine rings is 1. The van der Waals surface area contributed by atoms with Gasteiger partial charge in [-0.05, 0) is 37.7 Å². The molecule has 190 valence electrons. The topological polar surface area (TPSA) is 123 Å². The van der Waals surface area contributed by atoms with Crippen molar-refractivity contribution in [3.63, 3.8) is 0 Å². The van der Waals surface area contributed by atoms with E-state index in [0.29, 0.717) is 35.0 Å². The molecule has 1 amide bonds. The Morgan fingerprint density at radius 1 is 1.22 bits per heavy atom. The number of amides is 1. The largest absolute Gasteiger partial charge is 0.461 e. The highest BCUT2D eigenvalue weighted by Gasteiger charge is 2.18. The van der Waals surface area contributed by atoms with Crippen LogP contribution in [-0.4, -0.2) is 67.1 Å². The molecule has 1 atom stereocenters. The molecule has 0 radical (unpaired) electrons. The minimum Gasteiger partial charge on any atom is -0.461 e. The Labute approximate surface area is 211 Å². The zero-order valence-electron chi connectivity index (χ0n) is 21.0. The second-order valence-corrected chi connectivity index (χ2v) is 8.50. The first-order valence-corrected chi connectivity index (χ1v) is 12.0. The third-order valence-electron chi connectivity index (χ3n) is 5.87. The number of rotatable bonds is 10. The Hall–Kier alpha value is -4.10. The first-order chi connectivity index (χ1) is 17.3. The van der Waals surface area contributed by atoms with Crippen molar-refractivity contribution in [3.05, 3.63) is 48.7 Å². The van der Waals surface area contributed by atoms with Gasteiger partial charge < -0.3 is 30.5 Å². The Morgan fingerprint density at radius 2 is 1.97 bits per heavy atom. The second-order valence-electron chi connectivity index (χ2n) is 8.50. The molecule has 2 aromatic rings. The Balaban J connectivity index is 1.82. The van der Waals surface area contributed by atoms with Gasteiger partial charge in [0.2, 0.25) is 5.91 Å². The summed E-state index contributed by atoms with van der Waals surface area (Å²) >= 11 is 0. The first kappa shape index (κ1) is 26.5. The summed E-state index contributed by atoms with van der Waals surface area (Å²) in [7, 11) is 0. The van der Waals surface area contributed by atoms with Crippen molar-refractivity contribution in [2.45, 2.75) is 26.9 Å². The molecule has 1 aromatic heterocycles. The lowest BCUT2D eigenvalue weighted by Crippen LogP contribution is -2.46. The summed E-state index contributed by atoms with van der Waals surface area (Å²) in [6, 6.07) is 9.66. The molecule has 1 aliphatic rings. The second kappa shape index (κ2) is 12.6. The number of benzene rings is 1. The van der Waals surface area contributed by atoms with Gasteiger partial charge >= 0.3 is 5.97 Å². The van der Waals surface area contributed by atoms with Gasteiger partial charge in [-0.3, -0.25) is 9.59 Å². The number of ether oxygens (including phenoxy) is 1. The van der Waals surface area contributed by atoms with Gasteiger partial charge in [0.25, 0.3) is 0 Å². The average Bonchev–Trinajstić information content (AvgIpc) is 2.88. The van der Waals surface area contributed by atoms with E-state index in [9.17, 15) is 14.9 Å². The molecule has 1 aromatic carbocycles. The van der Waals surface area contributed by atoms with Crippen LogP contribution in [0.4, 0.5) is 28.6 Å². The molecule has 0 spiro atoms. The van der Waals surface area contributed by atoms with Crippen LogP contribution in [0.5, 0.6) is 0 Å². The van der Waals surface area contributed by atoms with Gasteiger partial charge in [0.1, 0.15) is 18.0 Å². The van der Waals surface area contributed by atoms with Crippen LogP contribution in [0.2, 0.25) is 0 Å². The van der Waals surface area contributed by atoms with E-state index in [1.165, 1.54) is 19.2 Å². The number of hydrogen-bond donors (Lipinski definition) is 3. The summed E-state index contributed by atoms with van der Waals surface area (Å²) in [5.41, 5.74) is 3.18. The minimum atomic E-state index is -0.369. The summed E-state index contributed by atoms with van der Waals surface area (Å²) in [6.07, 6.45) is 2.32. The van der Waals surface area contributed by atoms with Gasteiger partial charge in [0, 0.05) is 51.1 Å². The van der Waals surface area contributed by atoms with E-state index in [4.69, 9.17) is 4.74 Å². The number of carbonyl (C=O) groups excluding carboxylic acids is 2. The van der Waals surface area contributed by atoms with E-state index in [-0.39, 0.29) is 18.0 Å². The molecule has 10 heteroatoms. The smallest absolute Gasteiger partial charge is 0.302 e. The number of hydrogen-bond acceptors (Lipinski definition) is 9. The van der Waals surface area contributed by atoms with Crippen LogP contribution in [0.25, 0.3) is 0 Å². The third-order valence-corrected chi connectivity index (χ3v) is 5.87. The molecule has 0 bridgehead atoms. The number of pyridine rings is 1. The SMILES string of the molecule is C=CC(=O)Nc1cc(N2CCN(CC)CC2)ccc1Nc1cc(NCC(C)OC(C)=O)c(C#N)cn1. The fourth-order valence-electron chi connectivity index (χ4n) is 3.92. The minimum absolute atomic E-state index is 0.319. The van der Waals surface area contributed by atoms with Crippen molar-refractivity contribution in [1.82, 2.24) is 9.88 Å². The third kappa shape index (κ3) is 7.20. The Bertz CT molecular complexity index is 1140. The molecule has 1 fully saturated rings. The summed E-state index contributed by atoms with van der Waals surface area (Å²) in [6.45, 7) is 14.0. The number of esters is 1. The number of nitrogens with zero attached hydrogens (tertiary/aromatic N) is 4. The molecule has 0 saturated carbocycles. The molecular weight excluding hydrogens is 458 g/mol. The molecule has 3 N–H and O–H groups in total. The lowest BCUT2D eigenvalue weighted by Gasteiger charge is -2.35. The van der Waals surface area contributed by atoms with Crippen LogP contribution in [0.3, 0.4) is 0 Å². The van der Waals surface area contributed by atoms with Gasteiger partial charge in [-0.15, -0.1) is 0 Å². The maximum absolute atomic E-state index is 12.1. The molecule has 3 rings (SSSR count). The number of anilines is 5. The van der Waals surface area contributed by atoms with Crippen molar-refractivity contribution in [2.75, 3.05) is 60.1 Å². The zero-order chi connectivity index (χ0) is 26.1. The highest BCUT2D eigenvalue weighted by Crippen LogP contribution is 2.31. The maximum Gasteiger partial charge on any atom is 0.302 e. The highest BCUT2D eigenvalue weighted by molar-refractivity contribution is 6.02. The van der Waals surface area contributed by atoms with Gasteiger partial charge in [0.15, 0.2) is 0 Å². The van der Waals surface area contributed by atoms with Gasteiger partial charge in [-0.2, -0.15) is 5.26 Å². The summed E-state index contributed by atoms with van der Waals surface area (Å²) in [4.78, 5) is 32.4. The average molecular weight is 492 g/mol. The van der Waals surface area contributed by atoms with E-state index in [1.54, 1.807) is 13.0 Å². The number of likely N-dealkylation sites (N-methyl/N-ethyl adjacent to an activating group) is 1.